The molecule has 11 rings (SSSR count). The van der Waals surface area contributed by atoms with Crippen molar-refractivity contribution < 1.29 is 4.42 Å². The quantitative estimate of drug-likeness (QED) is 0.193. The fourth-order valence-electron chi connectivity index (χ4n) is 7.77. The van der Waals surface area contributed by atoms with Gasteiger partial charge in [0.15, 0.2) is 17.5 Å². The third-order valence-corrected chi connectivity index (χ3v) is 10.00. The Kier molecular flexibility index (Phi) is 5.60. The van der Waals surface area contributed by atoms with Crippen LogP contribution in [0.3, 0.4) is 0 Å². The first-order valence-corrected chi connectivity index (χ1v) is 16.8. The van der Waals surface area contributed by atoms with Crippen molar-refractivity contribution in [3.05, 3.63) is 158 Å². The topological polar surface area (TPSA) is 56.7 Å². The standard InChI is InChI=1S/C45H26N4O/c1-3-12-27(13-4-1)43-46-44(28-14-5-2-6-15-28)48-45(47-43)29-22-25-38-36(26-29)32-23-24-34-31-17-8-10-21-39(31)50-42(34)40(32)35-19-11-18-33-30-16-7-9-20-37(30)49(38)41(33)35/h1-26H. The Balaban J connectivity index is 1.24. The number of fused-ring (bicyclic) bond motifs is 12. The van der Waals surface area contributed by atoms with Crippen molar-refractivity contribution in [2.75, 3.05) is 0 Å². The van der Waals surface area contributed by atoms with Gasteiger partial charge in [0.25, 0.3) is 0 Å². The number of hydrogen-bond acceptors (Lipinski definition) is 4. The fourth-order valence-corrected chi connectivity index (χ4v) is 7.77. The lowest BCUT2D eigenvalue weighted by molar-refractivity contribution is 0.670. The minimum atomic E-state index is 0.621. The second kappa shape index (κ2) is 10.3. The van der Waals surface area contributed by atoms with Gasteiger partial charge in [-0.2, -0.15) is 0 Å². The molecule has 5 heteroatoms. The van der Waals surface area contributed by atoms with Crippen LogP contribution in [0.25, 0.3) is 106 Å². The number of rotatable bonds is 3. The van der Waals surface area contributed by atoms with E-state index in [1.807, 2.05) is 66.7 Å². The molecule has 4 heterocycles. The molecule has 3 aromatic heterocycles. The van der Waals surface area contributed by atoms with Gasteiger partial charge in [-0.15, -0.1) is 0 Å². The maximum absolute atomic E-state index is 6.74. The predicted molar refractivity (Wildman–Crippen MR) is 202 cm³/mol. The zero-order chi connectivity index (χ0) is 32.8. The van der Waals surface area contributed by atoms with Crippen LogP contribution in [0.1, 0.15) is 0 Å². The molecular weight excluding hydrogens is 613 g/mol. The summed E-state index contributed by atoms with van der Waals surface area (Å²) in [5.41, 5.74) is 12.4. The van der Waals surface area contributed by atoms with Gasteiger partial charge >= 0.3 is 0 Å². The molecule has 0 bridgehead atoms. The molecule has 0 saturated heterocycles. The lowest BCUT2D eigenvalue weighted by Crippen LogP contribution is -2.01. The summed E-state index contributed by atoms with van der Waals surface area (Å²) in [6.07, 6.45) is 0. The van der Waals surface area contributed by atoms with Crippen molar-refractivity contribution in [2.24, 2.45) is 0 Å². The monoisotopic (exact) mass is 638 g/mol. The lowest BCUT2D eigenvalue weighted by atomic mass is 9.91. The third-order valence-electron chi connectivity index (χ3n) is 10.00. The predicted octanol–water partition coefficient (Wildman–Crippen LogP) is 11.5. The lowest BCUT2D eigenvalue weighted by Gasteiger charge is -2.15. The van der Waals surface area contributed by atoms with Gasteiger partial charge in [0.1, 0.15) is 11.2 Å². The second-order valence-electron chi connectivity index (χ2n) is 12.8. The van der Waals surface area contributed by atoms with Crippen molar-refractivity contribution in [3.8, 4) is 62.1 Å². The summed E-state index contributed by atoms with van der Waals surface area (Å²) in [5, 5.41) is 4.66. The molecule has 10 aromatic rings. The molecular formula is C45H26N4O. The molecule has 50 heavy (non-hydrogen) atoms. The van der Waals surface area contributed by atoms with Crippen LogP contribution < -0.4 is 0 Å². The molecule has 0 amide bonds. The first-order valence-electron chi connectivity index (χ1n) is 16.8. The van der Waals surface area contributed by atoms with Crippen molar-refractivity contribution in [3.63, 3.8) is 0 Å². The Hall–Kier alpha value is -6.85. The highest BCUT2D eigenvalue weighted by Gasteiger charge is 2.28. The third kappa shape index (κ3) is 3.86. The van der Waals surface area contributed by atoms with E-state index in [-0.39, 0.29) is 0 Å². The van der Waals surface area contributed by atoms with Crippen LogP contribution in [-0.4, -0.2) is 19.5 Å². The smallest absolute Gasteiger partial charge is 0.164 e. The Labute approximate surface area is 286 Å². The molecule has 0 unspecified atom stereocenters. The first kappa shape index (κ1) is 27.1. The number of para-hydroxylation sites is 3. The van der Waals surface area contributed by atoms with E-state index in [2.05, 4.69) is 95.6 Å². The molecule has 0 atom stereocenters. The minimum Gasteiger partial charge on any atom is -0.455 e. The van der Waals surface area contributed by atoms with Gasteiger partial charge in [-0.1, -0.05) is 121 Å². The van der Waals surface area contributed by atoms with E-state index in [4.69, 9.17) is 19.4 Å². The molecule has 0 N–H and O–H groups in total. The molecule has 1 aliphatic heterocycles. The number of furan rings is 1. The van der Waals surface area contributed by atoms with E-state index < -0.39 is 0 Å². The van der Waals surface area contributed by atoms with Gasteiger partial charge in [0.05, 0.1) is 16.7 Å². The van der Waals surface area contributed by atoms with Gasteiger partial charge < -0.3 is 8.98 Å². The molecule has 0 saturated carbocycles. The minimum absolute atomic E-state index is 0.621. The summed E-state index contributed by atoms with van der Waals surface area (Å²) >= 11 is 0. The van der Waals surface area contributed by atoms with Crippen LogP contribution in [0.4, 0.5) is 0 Å². The van der Waals surface area contributed by atoms with Gasteiger partial charge in [-0.25, -0.2) is 15.0 Å². The number of aromatic nitrogens is 4. The molecule has 0 fully saturated rings. The molecule has 1 aliphatic rings. The molecule has 7 aromatic carbocycles. The molecule has 0 aliphatic carbocycles. The van der Waals surface area contributed by atoms with Gasteiger partial charge in [-0.3, -0.25) is 0 Å². The average molecular weight is 639 g/mol. The van der Waals surface area contributed by atoms with Crippen LogP contribution in [-0.2, 0) is 0 Å². The maximum atomic E-state index is 6.74. The van der Waals surface area contributed by atoms with Crippen LogP contribution in [0, 0.1) is 0 Å². The maximum Gasteiger partial charge on any atom is 0.164 e. The van der Waals surface area contributed by atoms with Crippen LogP contribution in [0.15, 0.2) is 162 Å². The van der Waals surface area contributed by atoms with E-state index in [1.54, 1.807) is 0 Å². The highest BCUT2D eigenvalue weighted by molar-refractivity contribution is 6.21. The molecule has 5 nitrogen and oxygen atoms in total. The zero-order valence-electron chi connectivity index (χ0n) is 26.7. The van der Waals surface area contributed by atoms with Gasteiger partial charge in [0, 0.05) is 54.9 Å². The largest absolute Gasteiger partial charge is 0.455 e. The number of hydrogen-bond donors (Lipinski definition) is 0. The van der Waals surface area contributed by atoms with E-state index in [0.717, 1.165) is 72.1 Å². The Morgan fingerprint density at radius 3 is 1.82 bits per heavy atom. The summed E-state index contributed by atoms with van der Waals surface area (Å²) < 4.78 is 9.17. The average Bonchev–Trinajstić information content (AvgIpc) is 3.70. The van der Waals surface area contributed by atoms with E-state index in [1.165, 1.54) is 16.3 Å². The highest BCUT2D eigenvalue weighted by atomic mass is 16.3. The summed E-state index contributed by atoms with van der Waals surface area (Å²) in [7, 11) is 0. The summed E-state index contributed by atoms with van der Waals surface area (Å²) in [6, 6.07) is 54.9. The van der Waals surface area contributed by atoms with Crippen molar-refractivity contribution in [1.29, 1.82) is 0 Å². The van der Waals surface area contributed by atoms with Crippen molar-refractivity contribution in [2.45, 2.75) is 0 Å². The number of benzene rings is 7. The van der Waals surface area contributed by atoms with E-state index >= 15 is 0 Å². The summed E-state index contributed by atoms with van der Waals surface area (Å²) in [5.74, 6) is 1.90. The fraction of sp³-hybridized carbons (Fsp3) is 0. The Bertz CT molecular complexity index is 2920. The van der Waals surface area contributed by atoms with Gasteiger partial charge in [0.2, 0.25) is 0 Å². The van der Waals surface area contributed by atoms with Crippen LogP contribution in [0.2, 0.25) is 0 Å². The van der Waals surface area contributed by atoms with Crippen molar-refractivity contribution >= 4 is 43.7 Å². The Morgan fingerprint density at radius 1 is 0.420 bits per heavy atom. The summed E-state index contributed by atoms with van der Waals surface area (Å²) in [4.78, 5) is 15.1. The molecule has 232 valence electrons. The molecule has 0 radical (unpaired) electrons. The zero-order valence-corrected chi connectivity index (χ0v) is 26.7. The van der Waals surface area contributed by atoms with Crippen LogP contribution >= 0.6 is 0 Å². The number of nitrogens with zero attached hydrogens (tertiary/aromatic N) is 4. The van der Waals surface area contributed by atoms with E-state index in [9.17, 15) is 0 Å². The Morgan fingerprint density at radius 2 is 1.06 bits per heavy atom. The second-order valence-corrected chi connectivity index (χ2v) is 12.8. The van der Waals surface area contributed by atoms with E-state index in [0.29, 0.717) is 17.5 Å². The van der Waals surface area contributed by atoms with Gasteiger partial charge in [-0.05, 0) is 42.0 Å². The highest BCUT2D eigenvalue weighted by Crippen LogP contribution is 2.50. The summed E-state index contributed by atoms with van der Waals surface area (Å²) in [6.45, 7) is 0. The SMILES string of the molecule is c1ccc(-c2nc(-c3ccccc3)nc(-c3ccc4c(c3)-c3ccc5c(oc6ccccc65)c3-c3cccc5c6ccccc6n-4c35)n2)cc1. The van der Waals surface area contributed by atoms with Crippen LogP contribution in [0.5, 0.6) is 0 Å². The van der Waals surface area contributed by atoms with Crippen molar-refractivity contribution in [1.82, 2.24) is 19.5 Å². The normalized spacial score (nSPS) is 12.0. The first-order chi connectivity index (χ1) is 24.8. The molecule has 0 spiro atoms.